The number of benzene rings is 1. The average molecular weight is 232 g/mol. The summed E-state index contributed by atoms with van der Waals surface area (Å²) in [6, 6.07) is 8.53. The molecule has 3 heteroatoms. The molecule has 3 rings (SSSR count). The van der Waals surface area contributed by atoms with E-state index in [1.165, 1.54) is 37.2 Å². The zero-order valence-corrected chi connectivity index (χ0v) is 10.3. The topological polar surface area (TPSA) is 15.7 Å². The largest absolute Gasteiger partial charge is 0.301 e. The Balaban J connectivity index is 1.50. The molecule has 2 heterocycles. The van der Waals surface area contributed by atoms with Gasteiger partial charge in [-0.15, -0.1) is 0 Å². The first-order valence-electron chi connectivity index (χ1n) is 6.64. The van der Waals surface area contributed by atoms with Gasteiger partial charge < -0.3 is 4.90 Å². The molecule has 2 aliphatic rings. The summed E-state index contributed by atoms with van der Waals surface area (Å²) in [6.07, 6.45) is 3.82. The number of para-hydroxylation sites is 1. The Morgan fingerprint density at radius 3 is 2.76 bits per heavy atom. The van der Waals surface area contributed by atoms with Gasteiger partial charge in [-0.3, -0.25) is 9.90 Å². The summed E-state index contributed by atoms with van der Waals surface area (Å²) < 4.78 is 0. The van der Waals surface area contributed by atoms with Crippen LogP contribution in [-0.2, 0) is 11.3 Å². The minimum Gasteiger partial charge on any atom is -0.301 e. The number of anilines is 1. The molecule has 0 atom stereocenters. The van der Waals surface area contributed by atoms with Crippen LogP contribution in [0.25, 0.3) is 0 Å². The van der Waals surface area contributed by atoms with Crippen LogP contribution in [0, 0.1) is 0 Å². The van der Waals surface area contributed by atoms with Gasteiger partial charge in [0.25, 0.3) is 0 Å². The van der Waals surface area contributed by atoms with E-state index in [4.69, 9.17) is 4.84 Å². The fourth-order valence-corrected chi connectivity index (χ4v) is 2.73. The third-order valence-electron chi connectivity index (χ3n) is 3.70. The van der Waals surface area contributed by atoms with Crippen LogP contribution in [0.15, 0.2) is 24.3 Å². The van der Waals surface area contributed by atoms with Crippen LogP contribution in [0.1, 0.15) is 18.4 Å². The van der Waals surface area contributed by atoms with Crippen LogP contribution < -0.4 is 5.06 Å². The number of nitrogens with zero attached hydrogens (tertiary/aromatic N) is 2. The molecule has 92 valence electrons. The van der Waals surface area contributed by atoms with Gasteiger partial charge in [0, 0.05) is 13.1 Å². The molecule has 1 fully saturated rings. The lowest BCUT2D eigenvalue weighted by Crippen LogP contribution is -2.29. The predicted octanol–water partition coefficient (Wildman–Crippen LogP) is 2.08. The van der Waals surface area contributed by atoms with Crippen molar-refractivity contribution in [2.75, 3.05) is 37.8 Å². The monoisotopic (exact) mass is 232 g/mol. The van der Waals surface area contributed by atoms with E-state index >= 15 is 0 Å². The Morgan fingerprint density at radius 1 is 1.06 bits per heavy atom. The first kappa shape index (κ1) is 11.1. The SMILES string of the molecule is c1ccc2c(c1)CCN2OCCN1CCCC1. The van der Waals surface area contributed by atoms with E-state index in [1.807, 2.05) is 0 Å². The summed E-state index contributed by atoms with van der Waals surface area (Å²) in [6.45, 7) is 5.38. The lowest BCUT2D eigenvalue weighted by molar-refractivity contribution is 0.0933. The molecule has 1 aromatic rings. The quantitative estimate of drug-likeness (QED) is 0.790. The fraction of sp³-hybridized carbons (Fsp3) is 0.571. The second kappa shape index (κ2) is 5.07. The molecule has 0 aromatic heterocycles. The molecule has 0 aliphatic carbocycles. The fourth-order valence-electron chi connectivity index (χ4n) is 2.73. The van der Waals surface area contributed by atoms with Gasteiger partial charge in [0.1, 0.15) is 0 Å². The summed E-state index contributed by atoms with van der Waals surface area (Å²) in [5, 5.41) is 2.06. The highest BCUT2D eigenvalue weighted by Gasteiger charge is 2.19. The van der Waals surface area contributed by atoms with Gasteiger partial charge in [-0.05, 0) is 44.0 Å². The molecular formula is C14H20N2O. The molecule has 0 bridgehead atoms. The van der Waals surface area contributed by atoms with Crippen molar-refractivity contribution in [1.29, 1.82) is 0 Å². The molecule has 1 saturated heterocycles. The van der Waals surface area contributed by atoms with Gasteiger partial charge in [-0.25, -0.2) is 0 Å². The second-order valence-electron chi connectivity index (χ2n) is 4.86. The van der Waals surface area contributed by atoms with Crippen LogP contribution in [0.5, 0.6) is 0 Å². The average Bonchev–Trinajstić information content (AvgIpc) is 2.99. The molecule has 1 aromatic carbocycles. The molecule has 2 aliphatic heterocycles. The Kier molecular flexibility index (Phi) is 3.29. The number of fused-ring (bicyclic) bond motifs is 1. The third kappa shape index (κ3) is 2.45. The number of hydrogen-bond acceptors (Lipinski definition) is 3. The Bertz CT molecular complexity index is 374. The maximum Gasteiger partial charge on any atom is 0.0875 e. The van der Waals surface area contributed by atoms with E-state index < -0.39 is 0 Å². The second-order valence-corrected chi connectivity index (χ2v) is 4.86. The highest BCUT2D eigenvalue weighted by atomic mass is 16.7. The van der Waals surface area contributed by atoms with Crippen LogP contribution in [0.4, 0.5) is 5.69 Å². The van der Waals surface area contributed by atoms with E-state index in [0.717, 1.165) is 26.1 Å². The molecule has 3 nitrogen and oxygen atoms in total. The van der Waals surface area contributed by atoms with Crippen molar-refractivity contribution in [2.45, 2.75) is 19.3 Å². The summed E-state index contributed by atoms with van der Waals surface area (Å²) in [7, 11) is 0. The van der Waals surface area contributed by atoms with Crippen LogP contribution in [-0.4, -0.2) is 37.7 Å². The minimum absolute atomic E-state index is 0.814. The normalized spacial score (nSPS) is 19.9. The van der Waals surface area contributed by atoms with Gasteiger partial charge >= 0.3 is 0 Å². The van der Waals surface area contributed by atoms with Crippen LogP contribution in [0.3, 0.4) is 0 Å². The van der Waals surface area contributed by atoms with Crippen LogP contribution in [0.2, 0.25) is 0 Å². The highest BCUT2D eigenvalue weighted by molar-refractivity contribution is 5.55. The third-order valence-corrected chi connectivity index (χ3v) is 3.70. The zero-order valence-electron chi connectivity index (χ0n) is 10.3. The summed E-state index contributed by atoms with van der Waals surface area (Å²) in [5.74, 6) is 0. The standard InChI is InChI=1S/C14H20N2O/c1-2-6-14-13(5-1)7-10-16(14)17-12-11-15-8-3-4-9-15/h1-2,5-6H,3-4,7-12H2. The summed E-state index contributed by atoms with van der Waals surface area (Å²) in [4.78, 5) is 8.37. The first-order valence-corrected chi connectivity index (χ1v) is 6.64. The number of rotatable bonds is 4. The van der Waals surface area contributed by atoms with E-state index in [-0.39, 0.29) is 0 Å². The molecule has 0 spiro atoms. The lowest BCUT2D eigenvalue weighted by Gasteiger charge is -2.21. The predicted molar refractivity (Wildman–Crippen MR) is 69.1 cm³/mol. The summed E-state index contributed by atoms with van der Waals surface area (Å²) in [5.41, 5.74) is 2.67. The van der Waals surface area contributed by atoms with E-state index in [0.29, 0.717) is 0 Å². The highest BCUT2D eigenvalue weighted by Crippen LogP contribution is 2.27. The van der Waals surface area contributed by atoms with Gasteiger partial charge in [0.05, 0.1) is 12.3 Å². The molecule has 0 N–H and O–H groups in total. The van der Waals surface area contributed by atoms with Crippen molar-refractivity contribution in [3.63, 3.8) is 0 Å². The van der Waals surface area contributed by atoms with E-state index in [1.54, 1.807) is 0 Å². The Morgan fingerprint density at radius 2 is 1.88 bits per heavy atom. The molecule has 0 radical (unpaired) electrons. The van der Waals surface area contributed by atoms with Crippen LogP contribution >= 0.6 is 0 Å². The van der Waals surface area contributed by atoms with Crippen molar-refractivity contribution >= 4 is 5.69 Å². The van der Waals surface area contributed by atoms with E-state index in [2.05, 4.69) is 34.2 Å². The van der Waals surface area contributed by atoms with Gasteiger partial charge in [-0.2, -0.15) is 0 Å². The molecule has 17 heavy (non-hydrogen) atoms. The summed E-state index contributed by atoms with van der Waals surface area (Å²) >= 11 is 0. The van der Waals surface area contributed by atoms with Crippen molar-refractivity contribution in [2.24, 2.45) is 0 Å². The van der Waals surface area contributed by atoms with Crippen molar-refractivity contribution in [1.82, 2.24) is 4.90 Å². The first-order chi connectivity index (χ1) is 8.43. The zero-order chi connectivity index (χ0) is 11.5. The lowest BCUT2D eigenvalue weighted by atomic mass is 10.2. The smallest absolute Gasteiger partial charge is 0.0875 e. The maximum atomic E-state index is 5.88. The maximum absolute atomic E-state index is 5.88. The van der Waals surface area contributed by atoms with Crippen molar-refractivity contribution < 1.29 is 4.84 Å². The number of likely N-dealkylation sites (tertiary alicyclic amines) is 1. The molecular weight excluding hydrogens is 212 g/mol. The van der Waals surface area contributed by atoms with Gasteiger partial charge in [0.2, 0.25) is 0 Å². The minimum atomic E-state index is 0.814. The van der Waals surface area contributed by atoms with Crippen molar-refractivity contribution in [3.05, 3.63) is 29.8 Å². The Labute approximate surface area is 103 Å². The van der Waals surface area contributed by atoms with Crippen molar-refractivity contribution in [3.8, 4) is 0 Å². The van der Waals surface area contributed by atoms with Gasteiger partial charge in [0.15, 0.2) is 0 Å². The number of hydrogen-bond donors (Lipinski definition) is 0. The molecule has 0 saturated carbocycles. The molecule has 0 amide bonds. The van der Waals surface area contributed by atoms with Gasteiger partial charge in [-0.1, -0.05) is 18.2 Å². The van der Waals surface area contributed by atoms with E-state index in [9.17, 15) is 0 Å². The molecule has 0 unspecified atom stereocenters. The Hall–Kier alpha value is -1.06. The number of hydroxylamine groups is 1.